The van der Waals surface area contributed by atoms with Crippen LogP contribution in [0.1, 0.15) is 30.1 Å². The first-order chi connectivity index (χ1) is 12.5. The van der Waals surface area contributed by atoms with Gasteiger partial charge in [0.05, 0.1) is 12.7 Å². The third kappa shape index (κ3) is 2.65. The van der Waals surface area contributed by atoms with Gasteiger partial charge in [-0.15, -0.1) is 0 Å². The highest BCUT2D eigenvalue weighted by Crippen LogP contribution is 2.25. The van der Waals surface area contributed by atoms with Gasteiger partial charge in [0, 0.05) is 0 Å². The maximum atomic E-state index is 12.5. The highest BCUT2D eigenvalue weighted by molar-refractivity contribution is 5.95. The number of carbonyl (C=O) groups is 1. The maximum Gasteiger partial charge on any atom is 0.333 e. The van der Waals surface area contributed by atoms with E-state index in [4.69, 9.17) is 15.2 Å². The molecular weight excluding hydrogens is 340 g/mol. The van der Waals surface area contributed by atoms with Crippen LogP contribution >= 0.6 is 0 Å². The normalized spacial score (nSPS) is 16.9. The number of amides is 1. The molecule has 3 aromatic heterocycles. The average molecular weight is 356 g/mol. The number of ether oxygens (including phenoxy) is 2. The third-order valence-corrected chi connectivity index (χ3v) is 4.09. The van der Waals surface area contributed by atoms with Gasteiger partial charge in [-0.2, -0.15) is 9.97 Å². The average Bonchev–Trinajstić information content (AvgIpc) is 2.94. The zero-order valence-corrected chi connectivity index (χ0v) is 13.9. The standard InChI is InChI=1S/C16H16N6O4/c1-8-3-2-6-25-15-11-13(18-7-19-15)21-16(24)22(11)10-5-4-9(12(17)23)14(20-10)26-8/h4-5,7-8H,2-3,6H2,1H3,(H2,17,23)(H,18,19,21,24)/t8-/m1/s1. The van der Waals surface area contributed by atoms with E-state index < -0.39 is 11.6 Å². The minimum absolute atomic E-state index is 0.0867. The van der Waals surface area contributed by atoms with Crippen LogP contribution in [0.5, 0.6) is 11.8 Å². The Morgan fingerprint density at radius 2 is 2.19 bits per heavy atom. The molecule has 0 fully saturated rings. The van der Waals surface area contributed by atoms with E-state index in [0.29, 0.717) is 30.6 Å². The smallest absolute Gasteiger partial charge is 0.333 e. The molecule has 1 aliphatic rings. The molecule has 1 atom stereocenters. The SMILES string of the molecule is C[C@@H]1CCCOc2ncnc3[nH]c(=O)n(c23)-c2ccc(C(N)=O)c(n2)O1. The summed E-state index contributed by atoms with van der Waals surface area (Å²) in [6.45, 7) is 2.25. The minimum Gasteiger partial charge on any atom is -0.476 e. The van der Waals surface area contributed by atoms with Crippen molar-refractivity contribution in [1.82, 2.24) is 24.5 Å². The molecule has 10 nitrogen and oxygen atoms in total. The van der Waals surface area contributed by atoms with Crippen molar-refractivity contribution in [3.63, 3.8) is 0 Å². The van der Waals surface area contributed by atoms with E-state index in [1.165, 1.54) is 23.0 Å². The summed E-state index contributed by atoms with van der Waals surface area (Å²) in [7, 11) is 0. The number of H-pyrrole nitrogens is 1. The molecule has 10 heteroatoms. The predicted molar refractivity (Wildman–Crippen MR) is 90.6 cm³/mol. The van der Waals surface area contributed by atoms with E-state index >= 15 is 0 Å². The number of carbonyl (C=O) groups excluding carboxylic acids is 1. The number of imidazole rings is 1. The fraction of sp³-hybridized carbons (Fsp3) is 0.312. The van der Waals surface area contributed by atoms with E-state index in [2.05, 4.69) is 19.9 Å². The minimum atomic E-state index is -0.656. The molecule has 4 heterocycles. The van der Waals surface area contributed by atoms with Crippen LogP contribution in [0.25, 0.3) is 17.0 Å². The molecule has 2 bridgehead atoms. The molecule has 134 valence electrons. The first-order valence-electron chi connectivity index (χ1n) is 8.11. The lowest BCUT2D eigenvalue weighted by Gasteiger charge is -2.18. The summed E-state index contributed by atoms with van der Waals surface area (Å²) in [4.78, 5) is 39.4. The number of hydrogen-bond acceptors (Lipinski definition) is 7. The highest BCUT2D eigenvalue weighted by Gasteiger charge is 2.21. The first kappa shape index (κ1) is 16.1. The second kappa shape index (κ2) is 6.14. The Labute approximate surface area is 147 Å². The fourth-order valence-electron chi connectivity index (χ4n) is 2.86. The van der Waals surface area contributed by atoms with Crippen LogP contribution in [0, 0.1) is 0 Å². The van der Waals surface area contributed by atoms with Gasteiger partial charge in [-0.3, -0.25) is 9.78 Å². The Morgan fingerprint density at radius 3 is 3.00 bits per heavy atom. The molecule has 0 saturated heterocycles. The largest absolute Gasteiger partial charge is 0.476 e. The summed E-state index contributed by atoms with van der Waals surface area (Å²) in [6, 6.07) is 2.99. The molecule has 1 aliphatic heterocycles. The van der Waals surface area contributed by atoms with Gasteiger partial charge in [0.25, 0.3) is 5.91 Å². The molecule has 0 unspecified atom stereocenters. The second-order valence-corrected chi connectivity index (χ2v) is 5.95. The van der Waals surface area contributed by atoms with E-state index in [1.54, 1.807) is 0 Å². The van der Waals surface area contributed by atoms with Gasteiger partial charge in [-0.05, 0) is 31.9 Å². The van der Waals surface area contributed by atoms with Crippen LogP contribution in [0.15, 0.2) is 23.3 Å². The number of rotatable bonds is 1. The molecule has 1 amide bonds. The lowest BCUT2D eigenvalue weighted by Crippen LogP contribution is -2.22. The number of aromatic nitrogens is 5. The first-order valence-corrected chi connectivity index (χ1v) is 8.11. The number of nitrogens with two attached hydrogens (primary N) is 1. The molecule has 0 saturated carbocycles. The van der Waals surface area contributed by atoms with Gasteiger partial charge < -0.3 is 15.2 Å². The number of nitrogens with zero attached hydrogens (tertiary/aromatic N) is 4. The summed E-state index contributed by atoms with van der Waals surface area (Å²) in [5.41, 5.74) is 5.81. The lowest BCUT2D eigenvalue weighted by atomic mass is 10.2. The zero-order chi connectivity index (χ0) is 18.3. The van der Waals surface area contributed by atoms with Crippen LogP contribution in [0.4, 0.5) is 0 Å². The molecule has 0 aliphatic carbocycles. The van der Waals surface area contributed by atoms with Gasteiger partial charge in [0.1, 0.15) is 17.7 Å². The van der Waals surface area contributed by atoms with Crippen molar-refractivity contribution < 1.29 is 14.3 Å². The summed E-state index contributed by atoms with van der Waals surface area (Å²) in [5.74, 6) is -0.0425. The van der Waals surface area contributed by atoms with Crippen LogP contribution in [0.3, 0.4) is 0 Å². The van der Waals surface area contributed by atoms with Gasteiger partial charge in [-0.1, -0.05) is 0 Å². The second-order valence-electron chi connectivity index (χ2n) is 5.95. The molecule has 3 N–H and O–H groups in total. The summed E-state index contributed by atoms with van der Waals surface area (Å²) >= 11 is 0. The molecule has 3 aromatic rings. The molecule has 0 aromatic carbocycles. The number of fused-ring (bicyclic) bond motifs is 3. The van der Waals surface area contributed by atoms with Crippen molar-refractivity contribution in [2.75, 3.05) is 6.61 Å². The lowest BCUT2D eigenvalue weighted by molar-refractivity contribution is 0.0991. The molecule has 0 spiro atoms. The van der Waals surface area contributed by atoms with Crippen LogP contribution in [-0.2, 0) is 0 Å². The summed E-state index contributed by atoms with van der Waals surface area (Å²) < 4.78 is 12.8. The van der Waals surface area contributed by atoms with Crippen molar-refractivity contribution in [2.45, 2.75) is 25.9 Å². The van der Waals surface area contributed by atoms with Crippen molar-refractivity contribution in [2.24, 2.45) is 5.73 Å². The van der Waals surface area contributed by atoms with E-state index in [-0.39, 0.29) is 29.2 Å². The monoisotopic (exact) mass is 356 g/mol. The topological polar surface area (TPSA) is 138 Å². The number of primary amides is 1. The van der Waals surface area contributed by atoms with Crippen molar-refractivity contribution >= 4 is 17.1 Å². The van der Waals surface area contributed by atoms with E-state index in [0.717, 1.165) is 0 Å². The molecule has 4 rings (SSSR count). The van der Waals surface area contributed by atoms with Gasteiger partial charge in [-0.25, -0.2) is 14.3 Å². The van der Waals surface area contributed by atoms with Crippen molar-refractivity contribution in [3.8, 4) is 17.6 Å². The van der Waals surface area contributed by atoms with Gasteiger partial charge in [0.15, 0.2) is 11.2 Å². The molecule has 26 heavy (non-hydrogen) atoms. The van der Waals surface area contributed by atoms with E-state index in [9.17, 15) is 9.59 Å². The van der Waals surface area contributed by atoms with Crippen molar-refractivity contribution in [3.05, 3.63) is 34.5 Å². The van der Waals surface area contributed by atoms with Gasteiger partial charge in [0.2, 0.25) is 11.8 Å². The van der Waals surface area contributed by atoms with Crippen LogP contribution in [-0.4, -0.2) is 43.1 Å². The van der Waals surface area contributed by atoms with Crippen molar-refractivity contribution in [1.29, 1.82) is 0 Å². The Bertz CT molecular complexity index is 1060. The van der Waals surface area contributed by atoms with Gasteiger partial charge >= 0.3 is 5.69 Å². The summed E-state index contributed by atoms with van der Waals surface area (Å²) in [5, 5.41) is 0. The Morgan fingerprint density at radius 1 is 1.35 bits per heavy atom. The van der Waals surface area contributed by atoms with Crippen LogP contribution < -0.4 is 20.9 Å². The third-order valence-electron chi connectivity index (χ3n) is 4.09. The number of hydrogen-bond donors (Lipinski definition) is 2. The molecule has 0 radical (unpaired) electrons. The Balaban J connectivity index is 2.01. The number of pyridine rings is 1. The summed E-state index contributed by atoms with van der Waals surface area (Å²) in [6.07, 6.45) is 2.47. The predicted octanol–water partition coefficient (Wildman–Crippen LogP) is 0.543. The fourth-order valence-corrected chi connectivity index (χ4v) is 2.86. The number of nitrogens with one attached hydrogen (secondary N) is 1. The van der Waals surface area contributed by atoms with Crippen LogP contribution in [0.2, 0.25) is 0 Å². The Hall–Kier alpha value is -3.43. The van der Waals surface area contributed by atoms with E-state index in [1.807, 2.05) is 6.92 Å². The Kier molecular flexibility index (Phi) is 3.79. The zero-order valence-electron chi connectivity index (χ0n) is 13.9. The number of aromatic amines is 1. The maximum absolute atomic E-state index is 12.5. The highest BCUT2D eigenvalue weighted by atomic mass is 16.5. The molecular formula is C16H16N6O4. The quantitative estimate of drug-likeness (QED) is 0.649.